The van der Waals surface area contributed by atoms with Gasteiger partial charge >= 0.3 is 0 Å². The molecule has 2 aromatic heterocycles. The molecule has 1 atom stereocenters. The molecule has 0 bridgehead atoms. The van der Waals surface area contributed by atoms with Crippen molar-refractivity contribution in [1.82, 2.24) is 25.6 Å². The zero-order chi connectivity index (χ0) is 23.3. The number of tetrazole rings is 1. The SMILES string of the molecule is CNc1nc2c(-c3ccc(S(=O)(=O)CCN)cc3-c3nn[nH]n3)cccc2s1.NS(=O)[O-]. The summed E-state index contributed by atoms with van der Waals surface area (Å²) in [6.07, 6.45) is 0. The first-order valence-electron chi connectivity index (χ1n) is 8.99. The van der Waals surface area contributed by atoms with Crippen molar-refractivity contribution in [3.05, 3.63) is 36.4 Å². The summed E-state index contributed by atoms with van der Waals surface area (Å²) in [7, 11) is -1.68. The third-order valence-electron chi connectivity index (χ3n) is 4.25. The molecule has 0 radical (unpaired) electrons. The number of nitrogens with zero attached hydrogens (tertiary/aromatic N) is 4. The molecule has 2 aromatic carbocycles. The second kappa shape index (κ2) is 10.2. The van der Waals surface area contributed by atoms with Crippen LogP contribution in [0.3, 0.4) is 0 Å². The third-order valence-corrected chi connectivity index (χ3v) is 7.03. The maximum atomic E-state index is 12.5. The van der Waals surface area contributed by atoms with Crippen LogP contribution in [0.2, 0.25) is 0 Å². The summed E-state index contributed by atoms with van der Waals surface area (Å²) in [4.78, 5) is 4.81. The van der Waals surface area contributed by atoms with Crippen LogP contribution in [-0.4, -0.2) is 62.1 Å². The molecule has 6 N–H and O–H groups in total. The second-order valence-electron chi connectivity index (χ2n) is 6.23. The summed E-state index contributed by atoms with van der Waals surface area (Å²) in [6.45, 7) is 0.0482. The first kappa shape index (κ1) is 23.8. The number of nitrogens with one attached hydrogen (secondary N) is 2. The van der Waals surface area contributed by atoms with Crippen LogP contribution in [-0.2, 0) is 21.1 Å². The van der Waals surface area contributed by atoms with Gasteiger partial charge in [0.05, 0.1) is 20.9 Å². The van der Waals surface area contributed by atoms with Gasteiger partial charge in [-0.25, -0.2) is 13.4 Å². The molecular formula is C17H19N8O4S3-. The zero-order valence-corrected chi connectivity index (χ0v) is 19.1. The summed E-state index contributed by atoms with van der Waals surface area (Å²) in [6, 6.07) is 10.8. The van der Waals surface area contributed by atoms with Gasteiger partial charge in [0.25, 0.3) is 0 Å². The Kier molecular flexibility index (Phi) is 7.60. The fourth-order valence-corrected chi connectivity index (χ4v) is 4.92. The average molecular weight is 496 g/mol. The highest BCUT2D eigenvalue weighted by atomic mass is 32.2. The second-order valence-corrected chi connectivity index (χ2v) is 9.89. The Bertz CT molecular complexity index is 1340. The number of H-pyrrole nitrogens is 1. The van der Waals surface area contributed by atoms with Gasteiger partial charge in [-0.15, -0.1) is 10.2 Å². The number of benzene rings is 2. The van der Waals surface area contributed by atoms with E-state index in [1.54, 1.807) is 29.5 Å². The maximum absolute atomic E-state index is 12.5. The van der Waals surface area contributed by atoms with E-state index in [1.165, 1.54) is 0 Å². The molecule has 4 rings (SSSR count). The molecule has 12 nitrogen and oxygen atoms in total. The fourth-order valence-electron chi connectivity index (χ4n) is 2.96. The summed E-state index contributed by atoms with van der Waals surface area (Å²) < 4.78 is 43.6. The summed E-state index contributed by atoms with van der Waals surface area (Å²) in [5.74, 6) is 0.173. The van der Waals surface area contributed by atoms with E-state index >= 15 is 0 Å². The Hall–Kier alpha value is -2.82. The molecule has 15 heteroatoms. The van der Waals surface area contributed by atoms with Crippen molar-refractivity contribution >= 4 is 47.8 Å². The van der Waals surface area contributed by atoms with E-state index in [-0.39, 0.29) is 17.2 Å². The van der Waals surface area contributed by atoms with Crippen molar-refractivity contribution in [3.8, 4) is 22.5 Å². The first-order valence-corrected chi connectivity index (χ1v) is 12.6. The molecule has 1 unspecified atom stereocenters. The van der Waals surface area contributed by atoms with Crippen LogP contribution >= 0.6 is 11.3 Å². The third kappa shape index (κ3) is 5.32. The van der Waals surface area contributed by atoms with E-state index in [0.29, 0.717) is 11.4 Å². The van der Waals surface area contributed by atoms with Gasteiger partial charge < -0.3 is 15.6 Å². The fraction of sp³-hybridized carbons (Fsp3) is 0.176. The summed E-state index contributed by atoms with van der Waals surface area (Å²) in [5.41, 5.74) is 8.45. The Labute approximate surface area is 189 Å². The minimum Gasteiger partial charge on any atom is -0.760 e. The number of nitrogens with two attached hydrogens (primary N) is 2. The molecule has 2 heterocycles. The zero-order valence-electron chi connectivity index (χ0n) is 16.7. The minimum absolute atomic E-state index is 0.0482. The van der Waals surface area contributed by atoms with Crippen LogP contribution in [0.4, 0.5) is 5.13 Å². The van der Waals surface area contributed by atoms with Crippen molar-refractivity contribution in [2.45, 2.75) is 4.90 Å². The van der Waals surface area contributed by atoms with Gasteiger partial charge in [-0.05, 0) is 29.0 Å². The Morgan fingerprint density at radius 1 is 1.22 bits per heavy atom. The molecule has 4 aromatic rings. The Morgan fingerprint density at radius 3 is 2.59 bits per heavy atom. The molecular weight excluding hydrogens is 476 g/mol. The number of sulfone groups is 1. The van der Waals surface area contributed by atoms with E-state index in [2.05, 4.69) is 36.1 Å². The number of anilines is 1. The van der Waals surface area contributed by atoms with E-state index < -0.39 is 21.1 Å². The van der Waals surface area contributed by atoms with Gasteiger partial charge in [0.15, 0.2) is 15.0 Å². The van der Waals surface area contributed by atoms with Crippen molar-refractivity contribution in [2.75, 3.05) is 24.7 Å². The van der Waals surface area contributed by atoms with E-state index in [0.717, 1.165) is 26.5 Å². The predicted molar refractivity (Wildman–Crippen MR) is 122 cm³/mol. The van der Waals surface area contributed by atoms with Crippen LogP contribution in [0.15, 0.2) is 41.3 Å². The average Bonchev–Trinajstić information content (AvgIpc) is 3.42. The molecule has 0 saturated carbocycles. The van der Waals surface area contributed by atoms with Gasteiger partial charge in [0.1, 0.15) is 0 Å². The number of para-hydroxylation sites is 1. The molecule has 0 saturated heterocycles. The van der Waals surface area contributed by atoms with Crippen LogP contribution < -0.4 is 16.2 Å². The van der Waals surface area contributed by atoms with Crippen LogP contribution in [0.1, 0.15) is 0 Å². The molecule has 32 heavy (non-hydrogen) atoms. The number of fused-ring (bicyclic) bond motifs is 1. The molecule has 0 fully saturated rings. The lowest BCUT2D eigenvalue weighted by atomic mass is 9.98. The molecule has 170 valence electrons. The van der Waals surface area contributed by atoms with Gasteiger partial charge in [0.2, 0.25) is 5.82 Å². The highest BCUT2D eigenvalue weighted by molar-refractivity contribution is 7.91. The number of aromatic nitrogens is 5. The quantitative estimate of drug-likeness (QED) is 0.275. The lowest BCUT2D eigenvalue weighted by molar-refractivity contribution is 0.538. The van der Waals surface area contributed by atoms with Gasteiger partial charge in [-0.3, -0.25) is 9.35 Å². The number of hydrogen-bond donors (Lipinski definition) is 4. The largest absolute Gasteiger partial charge is 0.760 e. The maximum Gasteiger partial charge on any atom is 0.205 e. The Balaban J connectivity index is 0.000000668. The molecule has 0 aliphatic carbocycles. The van der Waals surface area contributed by atoms with Crippen molar-refractivity contribution in [2.24, 2.45) is 10.9 Å². The molecule has 0 spiro atoms. The van der Waals surface area contributed by atoms with Crippen LogP contribution in [0.5, 0.6) is 0 Å². The molecule has 0 aliphatic rings. The smallest absolute Gasteiger partial charge is 0.205 e. The van der Waals surface area contributed by atoms with Crippen LogP contribution in [0.25, 0.3) is 32.7 Å². The number of thiazole rings is 1. The summed E-state index contributed by atoms with van der Waals surface area (Å²) in [5, 5.41) is 22.0. The van der Waals surface area contributed by atoms with E-state index in [1.807, 2.05) is 25.2 Å². The van der Waals surface area contributed by atoms with Gasteiger partial charge in [0, 0.05) is 36.0 Å². The highest BCUT2D eigenvalue weighted by Gasteiger charge is 2.20. The van der Waals surface area contributed by atoms with Gasteiger partial charge in [-0.1, -0.05) is 29.5 Å². The normalized spacial score (nSPS) is 12.2. The van der Waals surface area contributed by atoms with E-state index in [4.69, 9.17) is 14.5 Å². The number of aromatic amines is 1. The Morgan fingerprint density at radius 2 is 1.97 bits per heavy atom. The van der Waals surface area contributed by atoms with Crippen molar-refractivity contribution in [3.63, 3.8) is 0 Å². The monoisotopic (exact) mass is 495 g/mol. The van der Waals surface area contributed by atoms with Gasteiger partial charge in [-0.2, -0.15) is 5.21 Å². The molecule has 0 amide bonds. The number of hydrogen-bond acceptors (Lipinski definition) is 11. The standard InChI is InChI=1S/C17H17N7O2S2.H3NO2S/c1-19-17-20-15-12(3-2-4-14(15)27-17)11-6-5-10(28(25,26)8-7-18)9-13(11)16-21-23-24-22-16;1-4(2)3/h2-6,9H,7-8,18H2,1H3,(H,19,20)(H,21,22,23,24);1H2,(H,2,3)/p-1. The predicted octanol–water partition coefficient (Wildman–Crippen LogP) is 0.657. The minimum atomic E-state index is -3.50. The van der Waals surface area contributed by atoms with Crippen molar-refractivity contribution < 1.29 is 17.2 Å². The highest BCUT2D eigenvalue weighted by Crippen LogP contribution is 2.38. The van der Waals surface area contributed by atoms with E-state index in [9.17, 15) is 8.42 Å². The lowest BCUT2D eigenvalue weighted by Crippen LogP contribution is -2.15. The first-order chi connectivity index (χ1) is 15.3. The molecule has 0 aliphatic heterocycles. The van der Waals surface area contributed by atoms with Crippen LogP contribution in [0, 0.1) is 0 Å². The van der Waals surface area contributed by atoms with Crippen molar-refractivity contribution in [1.29, 1.82) is 0 Å². The summed E-state index contributed by atoms with van der Waals surface area (Å²) >= 11 is -0.819. The number of rotatable bonds is 6. The topological polar surface area (TPSA) is 206 Å². The lowest BCUT2D eigenvalue weighted by Gasteiger charge is -2.11.